The average Bonchev–Trinajstić information content (AvgIpc) is 2.90. The van der Waals surface area contributed by atoms with E-state index >= 15 is 0 Å². The summed E-state index contributed by atoms with van der Waals surface area (Å²) in [5.41, 5.74) is 10.1. The van der Waals surface area contributed by atoms with E-state index in [1.54, 1.807) is 18.3 Å². The molecule has 6 heteroatoms. The van der Waals surface area contributed by atoms with Gasteiger partial charge >= 0.3 is 5.97 Å². The number of carbonyl (C=O) groups excluding carboxylic acids is 1. The maximum Gasteiger partial charge on any atom is 0.338 e. The molecule has 0 amide bonds. The third-order valence-electron chi connectivity index (χ3n) is 2.52. The number of ether oxygens (including phenoxy) is 1. The summed E-state index contributed by atoms with van der Waals surface area (Å²) in [5.74, 6) is 5.13. The maximum absolute atomic E-state index is 11.7. The number of carbonyl (C=O) groups is 1. The lowest BCUT2D eigenvalue weighted by Crippen LogP contribution is -2.02. The Morgan fingerprint density at radius 1 is 1.58 bits per heavy atom. The van der Waals surface area contributed by atoms with Crippen LogP contribution in [0.2, 0.25) is 0 Å². The van der Waals surface area contributed by atoms with E-state index in [4.69, 9.17) is 10.3 Å². The number of hydrogen-bond donors (Lipinski definition) is 1. The summed E-state index contributed by atoms with van der Waals surface area (Å²) in [6.07, 6.45) is 1.74. The zero-order chi connectivity index (χ0) is 13.7. The Labute approximate surface area is 109 Å². The number of nitrogens with zero attached hydrogens (tertiary/aromatic N) is 3. The van der Waals surface area contributed by atoms with Gasteiger partial charge in [-0.15, -0.1) is 0 Å². The lowest BCUT2D eigenvalue weighted by molar-refractivity contribution is 0.0603. The molecule has 0 aliphatic heterocycles. The van der Waals surface area contributed by atoms with Gasteiger partial charge in [0.15, 0.2) is 0 Å². The van der Waals surface area contributed by atoms with Crippen LogP contribution < -0.4 is 0 Å². The van der Waals surface area contributed by atoms with Crippen molar-refractivity contribution in [3.8, 4) is 11.8 Å². The summed E-state index contributed by atoms with van der Waals surface area (Å²) in [5, 5.41) is 4.11. The number of fused-ring (bicyclic) bond motifs is 1. The number of hydrogen-bond acceptors (Lipinski definition) is 3. The first-order valence-electron chi connectivity index (χ1n) is 5.45. The van der Waals surface area contributed by atoms with Crippen molar-refractivity contribution in [2.75, 3.05) is 13.7 Å². The number of esters is 1. The fourth-order valence-corrected chi connectivity index (χ4v) is 1.73. The van der Waals surface area contributed by atoms with Gasteiger partial charge in [0, 0.05) is 27.6 Å². The number of aromatic nitrogens is 1. The normalized spacial score (nSPS) is 9.32. The van der Waals surface area contributed by atoms with Gasteiger partial charge in [0.05, 0.1) is 19.2 Å². The van der Waals surface area contributed by atoms with Crippen molar-refractivity contribution in [1.29, 1.82) is 0 Å². The first-order chi connectivity index (χ1) is 9.26. The fraction of sp³-hybridized carbons (Fsp3) is 0.154. The van der Waals surface area contributed by atoms with Crippen LogP contribution in [0, 0.1) is 11.8 Å². The molecule has 0 fully saturated rings. The van der Waals surface area contributed by atoms with Gasteiger partial charge in [0.1, 0.15) is 0 Å². The quantitative estimate of drug-likeness (QED) is 0.293. The first kappa shape index (κ1) is 12.6. The Bertz CT molecular complexity index is 730. The zero-order valence-electron chi connectivity index (χ0n) is 10.2. The summed E-state index contributed by atoms with van der Waals surface area (Å²) in [4.78, 5) is 17.3. The molecule has 0 radical (unpaired) electrons. The molecule has 0 atom stereocenters. The molecule has 0 saturated carbocycles. The Hall–Kier alpha value is -2.90. The molecule has 1 aromatic heterocycles. The van der Waals surface area contributed by atoms with Gasteiger partial charge in [-0.1, -0.05) is 17.0 Å². The highest BCUT2D eigenvalue weighted by Gasteiger charge is 2.12. The molecule has 1 aromatic carbocycles. The monoisotopic (exact) mass is 254 g/mol. The van der Waals surface area contributed by atoms with E-state index < -0.39 is 5.97 Å². The number of nitrogens with one attached hydrogen (secondary N) is 1. The molecule has 0 spiro atoms. The van der Waals surface area contributed by atoms with Crippen LogP contribution in [0.25, 0.3) is 21.3 Å². The van der Waals surface area contributed by atoms with Crippen molar-refractivity contribution in [2.45, 2.75) is 0 Å². The van der Waals surface area contributed by atoms with Crippen LogP contribution in [0.5, 0.6) is 0 Å². The van der Waals surface area contributed by atoms with Crippen LogP contribution in [0.3, 0.4) is 0 Å². The van der Waals surface area contributed by atoms with Crippen molar-refractivity contribution in [3.05, 3.63) is 46.0 Å². The summed E-state index contributed by atoms with van der Waals surface area (Å²) in [7, 11) is 1.33. The molecular formula is C13H10N4O2. The van der Waals surface area contributed by atoms with E-state index in [0.717, 1.165) is 10.9 Å². The second kappa shape index (κ2) is 5.63. The predicted octanol–water partition coefficient (Wildman–Crippen LogP) is 2.62. The van der Waals surface area contributed by atoms with Gasteiger partial charge in [0.2, 0.25) is 0 Å². The SMILES string of the molecule is COC(=O)c1cc(C#CCN=[N+]=[N-])cc2[nH]ccc12. The Morgan fingerprint density at radius 2 is 2.42 bits per heavy atom. The van der Waals surface area contributed by atoms with Gasteiger partial charge in [-0.25, -0.2) is 4.79 Å². The van der Waals surface area contributed by atoms with Gasteiger partial charge in [-0.3, -0.25) is 0 Å². The third kappa shape index (κ3) is 2.68. The number of azide groups is 1. The molecule has 1 N–H and O–H groups in total. The van der Waals surface area contributed by atoms with E-state index in [1.807, 2.05) is 6.07 Å². The standard InChI is InChI=1S/C13H10N4O2/c1-19-13(18)11-7-9(3-2-5-16-17-14)8-12-10(11)4-6-15-12/h4,6-8,15H,5H2,1H3. The predicted molar refractivity (Wildman–Crippen MR) is 70.5 cm³/mol. The minimum Gasteiger partial charge on any atom is -0.465 e. The maximum atomic E-state index is 11.7. The van der Waals surface area contributed by atoms with Gasteiger partial charge in [-0.05, 0) is 23.7 Å². The van der Waals surface area contributed by atoms with Gasteiger partial charge in [0.25, 0.3) is 0 Å². The molecule has 0 aliphatic carbocycles. The molecule has 0 unspecified atom stereocenters. The van der Waals surface area contributed by atoms with Crippen LogP contribution in [0.4, 0.5) is 0 Å². The average molecular weight is 254 g/mol. The highest BCUT2D eigenvalue weighted by Crippen LogP contribution is 2.20. The summed E-state index contributed by atoms with van der Waals surface area (Å²) < 4.78 is 4.74. The molecule has 6 nitrogen and oxygen atoms in total. The smallest absolute Gasteiger partial charge is 0.338 e. The number of methoxy groups -OCH3 is 1. The van der Waals surface area contributed by atoms with E-state index in [9.17, 15) is 4.79 Å². The van der Waals surface area contributed by atoms with Crippen molar-refractivity contribution in [2.24, 2.45) is 5.11 Å². The zero-order valence-corrected chi connectivity index (χ0v) is 10.2. The highest BCUT2D eigenvalue weighted by atomic mass is 16.5. The Morgan fingerprint density at radius 3 is 3.16 bits per heavy atom. The van der Waals surface area contributed by atoms with Crippen LogP contribution in [0.1, 0.15) is 15.9 Å². The van der Waals surface area contributed by atoms with Crippen LogP contribution in [-0.4, -0.2) is 24.6 Å². The van der Waals surface area contributed by atoms with Gasteiger partial charge in [-0.2, -0.15) is 0 Å². The largest absolute Gasteiger partial charge is 0.465 e. The van der Waals surface area contributed by atoms with Crippen LogP contribution in [-0.2, 0) is 4.74 Å². The van der Waals surface area contributed by atoms with Crippen molar-refractivity contribution in [1.82, 2.24) is 4.98 Å². The topological polar surface area (TPSA) is 90.8 Å². The Balaban J connectivity index is 2.47. The minimum atomic E-state index is -0.414. The van der Waals surface area contributed by atoms with Crippen LogP contribution in [0.15, 0.2) is 29.5 Å². The Kier molecular flexibility index (Phi) is 3.72. The third-order valence-corrected chi connectivity index (χ3v) is 2.52. The number of aromatic amines is 1. The second-order valence-corrected chi connectivity index (χ2v) is 3.65. The van der Waals surface area contributed by atoms with E-state index in [2.05, 4.69) is 26.9 Å². The molecule has 19 heavy (non-hydrogen) atoms. The molecule has 1 heterocycles. The van der Waals surface area contributed by atoms with E-state index in [0.29, 0.717) is 11.1 Å². The van der Waals surface area contributed by atoms with Gasteiger partial charge < -0.3 is 9.72 Å². The van der Waals surface area contributed by atoms with Crippen molar-refractivity contribution >= 4 is 16.9 Å². The molecule has 2 aromatic rings. The van der Waals surface area contributed by atoms with Crippen molar-refractivity contribution in [3.63, 3.8) is 0 Å². The summed E-state index contributed by atoms with van der Waals surface area (Å²) in [6.45, 7) is 0.0901. The number of H-pyrrole nitrogens is 1. The molecule has 0 saturated heterocycles. The fourth-order valence-electron chi connectivity index (χ4n) is 1.73. The molecule has 2 rings (SSSR count). The summed E-state index contributed by atoms with van der Waals surface area (Å²) in [6, 6.07) is 5.29. The minimum absolute atomic E-state index is 0.0901. The van der Waals surface area contributed by atoms with E-state index in [-0.39, 0.29) is 6.54 Å². The van der Waals surface area contributed by atoms with Crippen molar-refractivity contribution < 1.29 is 9.53 Å². The molecular weight excluding hydrogens is 244 g/mol. The summed E-state index contributed by atoms with van der Waals surface area (Å²) >= 11 is 0. The molecule has 0 aliphatic rings. The highest BCUT2D eigenvalue weighted by molar-refractivity contribution is 6.04. The number of benzene rings is 1. The van der Waals surface area contributed by atoms with E-state index in [1.165, 1.54) is 7.11 Å². The number of rotatable bonds is 2. The lowest BCUT2D eigenvalue weighted by Gasteiger charge is -2.02. The second-order valence-electron chi connectivity index (χ2n) is 3.65. The lowest BCUT2D eigenvalue weighted by atomic mass is 10.1. The molecule has 0 bridgehead atoms. The van der Waals surface area contributed by atoms with Crippen LogP contribution >= 0.6 is 0 Å². The molecule has 94 valence electrons. The first-order valence-corrected chi connectivity index (χ1v) is 5.45.